The fourth-order valence-corrected chi connectivity index (χ4v) is 5.61. The molecule has 0 heterocycles. The SMILES string of the molecule is COc1ccc(C(=O)N/N=C(/C)C23CC4CC(CC(C4)C2)C3)cc1. The highest BCUT2D eigenvalue weighted by atomic mass is 16.5. The summed E-state index contributed by atoms with van der Waals surface area (Å²) in [6.07, 6.45) is 8.08. The van der Waals surface area contributed by atoms with Gasteiger partial charge in [-0.05, 0) is 87.5 Å². The highest BCUT2D eigenvalue weighted by Crippen LogP contribution is 2.60. The summed E-state index contributed by atoms with van der Waals surface area (Å²) in [6, 6.07) is 7.13. The molecule has 4 heteroatoms. The fraction of sp³-hybridized carbons (Fsp3) is 0.600. The first-order chi connectivity index (χ1) is 11.6. The molecule has 0 radical (unpaired) electrons. The smallest absolute Gasteiger partial charge is 0.271 e. The number of methoxy groups -OCH3 is 1. The average molecular weight is 326 g/mol. The Bertz CT molecular complexity index is 627. The summed E-state index contributed by atoms with van der Waals surface area (Å²) in [5.74, 6) is 3.26. The Morgan fingerprint density at radius 1 is 1.08 bits per heavy atom. The molecule has 1 aromatic rings. The lowest BCUT2D eigenvalue weighted by atomic mass is 9.48. The summed E-state index contributed by atoms with van der Waals surface area (Å²) in [5, 5.41) is 4.52. The molecule has 1 amide bonds. The molecule has 0 saturated heterocycles. The van der Waals surface area contributed by atoms with Gasteiger partial charge < -0.3 is 4.74 Å². The lowest BCUT2D eigenvalue weighted by Gasteiger charge is -2.56. The van der Waals surface area contributed by atoms with Crippen molar-refractivity contribution < 1.29 is 9.53 Å². The van der Waals surface area contributed by atoms with Crippen molar-refractivity contribution >= 4 is 11.6 Å². The standard InChI is InChI=1S/C20H26N2O2/c1-13(20-10-14-7-15(11-20)9-16(8-14)12-20)21-22-19(23)17-3-5-18(24-2)6-4-17/h3-6,14-16H,7-12H2,1-2H3,(H,22,23)/b21-13-. The topological polar surface area (TPSA) is 50.7 Å². The second kappa shape index (κ2) is 5.91. The Hall–Kier alpha value is -1.84. The van der Waals surface area contributed by atoms with Crippen LogP contribution in [0, 0.1) is 23.2 Å². The molecule has 4 aliphatic rings. The number of rotatable bonds is 4. The predicted octanol–water partition coefficient (Wildman–Crippen LogP) is 4.02. The van der Waals surface area contributed by atoms with E-state index in [-0.39, 0.29) is 11.3 Å². The van der Waals surface area contributed by atoms with Crippen LogP contribution in [0.15, 0.2) is 29.4 Å². The van der Waals surface area contributed by atoms with Gasteiger partial charge in [0.25, 0.3) is 5.91 Å². The van der Waals surface area contributed by atoms with Crippen LogP contribution in [0.3, 0.4) is 0 Å². The van der Waals surface area contributed by atoms with Gasteiger partial charge in [-0.15, -0.1) is 0 Å². The number of carbonyl (C=O) groups is 1. The molecule has 5 rings (SSSR count). The summed E-state index contributed by atoms with van der Waals surface area (Å²) >= 11 is 0. The molecule has 0 unspecified atom stereocenters. The average Bonchev–Trinajstić information content (AvgIpc) is 2.58. The van der Waals surface area contributed by atoms with Gasteiger partial charge in [-0.25, -0.2) is 5.43 Å². The van der Waals surface area contributed by atoms with Gasteiger partial charge >= 0.3 is 0 Å². The fourth-order valence-electron chi connectivity index (χ4n) is 5.61. The maximum Gasteiger partial charge on any atom is 0.271 e. The maximum atomic E-state index is 12.3. The summed E-state index contributed by atoms with van der Waals surface area (Å²) in [7, 11) is 1.62. The molecule has 1 N–H and O–H groups in total. The number of carbonyl (C=O) groups excluding carboxylic acids is 1. The van der Waals surface area contributed by atoms with Crippen LogP contribution in [0.5, 0.6) is 5.75 Å². The minimum atomic E-state index is -0.151. The van der Waals surface area contributed by atoms with E-state index in [0.717, 1.165) is 29.2 Å². The van der Waals surface area contributed by atoms with Crippen molar-refractivity contribution in [1.82, 2.24) is 5.43 Å². The zero-order valence-corrected chi connectivity index (χ0v) is 14.5. The van der Waals surface area contributed by atoms with Gasteiger partial charge in [0.05, 0.1) is 7.11 Å². The van der Waals surface area contributed by atoms with Crippen LogP contribution in [0.1, 0.15) is 55.8 Å². The molecular formula is C20H26N2O2. The lowest BCUT2D eigenvalue weighted by Crippen LogP contribution is -2.49. The van der Waals surface area contributed by atoms with Crippen molar-refractivity contribution in [3.8, 4) is 5.75 Å². The van der Waals surface area contributed by atoms with E-state index in [4.69, 9.17) is 4.74 Å². The van der Waals surface area contributed by atoms with Crippen LogP contribution in [-0.4, -0.2) is 18.7 Å². The normalized spacial score (nSPS) is 34.2. The third kappa shape index (κ3) is 2.72. The number of hydrogen-bond donors (Lipinski definition) is 1. The summed E-state index contributed by atoms with van der Waals surface area (Å²) in [5.41, 5.74) is 4.76. The molecule has 4 nitrogen and oxygen atoms in total. The van der Waals surface area contributed by atoms with E-state index in [2.05, 4.69) is 17.5 Å². The number of ether oxygens (including phenoxy) is 1. The first-order valence-electron chi connectivity index (χ1n) is 9.07. The van der Waals surface area contributed by atoms with Gasteiger partial charge in [0.1, 0.15) is 5.75 Å². The molecule has 4 aliphatic carbocycles. The van der Waals surface area contributed by atoms with Crippen molar-refractivity contribution in [3.63, 3.8) is 0 Å². The molecule has 1 aromatic carbocycles. The molecule has 4 fully saturated rings. The van der Waals surface area contributed by atoms with Crippen LogP contribution < -0.4 is 10.2 Å². The number of nitrogens with zero attached hydrogens (tertiary/aromatic N) is 1. The van der Waals surface area contributed by atoms with Crippen molar-refractivity contribution in [3.05, 3.63) is 29.8 Å². The Kier molecular flexibility index (Phi) is 3.86. The minimum absolute atomic E-state index is 0.151. The maximum absolute atomic E-state index is 12.3. The molecule has 24 heavy (non-hydrogen) atoms. The van der Waals surface area contributed by atoms with Crippen LogP contribution >= 0.6 is 0 Å². The Labute approximate surface area is 143 Å². The number of hydrazone groups is 1. The largest absolute Gasteiger partial charge is 0.497 e. The molecule has 0 aliphatic heterocycles. The van der Waals surface area contributed by atoms with Gasteiger partial charge in [-0.1, -0.05) is 0 Å². The molecule has 4 saturated carbocycles. The van der Waals surface area contributed by atoms with Gasteiger partial charge in [0.2, 0.25) is 0 Å². The van der Waals surface area contributed by atoms with Gasteiger partial charge in [-0.2, -0.15) is 5.10 Å². The Morgan fingerprint density at radius 2 is 1.62 bits per heavy atom. The van der Waals surface area contributed by atoms with E-state index in [1.54, 1.807) is 31.4 Å². The first-order valence-corrected chi connectivity index (χ1v) is 9.07. The van der Waals surface area contributed by atoms with Crippen LogP contribution in [-0.2, 0) is 0 Å². The van der Waals surface area contributed by atoms with Crippen LogP contribution in [0.2, 0.25) is 0 Å². The van der Waals surface area contributed by atoms with Crippen molar-refractivity contribution in [2.45, 2.75) is 45.4 Å². The van der Waals surface area contributed by atoms with Crippen molar-refractivity contribution in [2.24, 2.45) is 28.3 Å². The second-order valence-electron chi connectivity index (χ2n) is 8.06. The second-order valence-corrected chi connectivity index (χ2v) is 8.06. The molecule has 0 spiro atoms. The molecule has 0 atom stereocenters. The number of hydrogen-bond acceptors (Lipinski definition) is 3. The number of benzene rings is 1. The summed E-state index contributed by atoms with van der Waals surface area (Å²) in [4.78, 5) is 12.3. The van der Waals surface area contributed by atoms with Gasteiger partial charge in [-0.3, -0.25) is 4.79 Å². The van der Waals surface area contributed by atoms with E-state index >= 15 is 0 Å². The molecular weight excluding hydrogens is 300 g/mol. The predicted molar refractivity (Wildman–Crippen MR) is 94.2 cm³/mol. The van der Waals surface area contributed by atoms with E-state index in [9.17, 15) is 4.79 Å². The lowest BCUT2D eigenvalue weighted by molar-refractivity contribution is -0.0128. The molecule has 128 valence electrons. The molecule has 4 bridgehead atoms. The van der Waals surface area contributed by atoms with E-state index in [0.29, 0.717) is 5.56 Å². The Balaban J connectivity index is 1.46. The zero-order chi connectivity index (χ0) is 16.7. The Morgan fingerprint density at radius 3 is 2.12 bits per heavy atom. The van der Waals surface area contributed by atoms with E-state index in [1.165, 1.54) is 38.5 Å². The van der Waals surface area contributed by atoms with Crippen LogP contribution in [0.4, 0.5) is 0 Å². The number of amides is 1. The monoisotopic (exact) mass is 326 g/mol. The third-order valence-electron chi connectivity index (χ3n) is 6.48. The zero-order valence-electron chi connectivity index (χ0n) is 14.5. The summed E-state index contributed by atoms with van der Waals surface area (Å²) in [6.45, 7) is 2.11. The third-order valence-corrected chi connectivity index (χ3v) is 6.48. The highest BCUT2D eigenvalue weighted by Gasteiger charge is 2.52. The van der Waals surface area contributed by atoms with Gasteiger partial charge in [0.15, 0.2) is 0 Å². The van der Waals surface area contributed by atoms with Crippen LogP contribution in [0.25, 0.3) is 0 Å². The quantitative estimate of drug-likeness (QED) is 0.671. The van der Waals surface area contributed by atoms with E-state index < -0.39 is 0 Å². The first kappa shape index (κ1) is 15.7. The summed E-state index contributed by atoms with van der Waals surface area (Å²) < 4.78 is 5.13. The highest BCUT2D eigenvalue weighted by molar-refractivity contribution is 5.96. The minimum Gasteiger partial charge on any atom is -0.497 e. The molecule has 0 aromatic heterocycles. The van der Waals surface area contributed by atoms with Crippen molar-refractivity contribution in [1.29, 1.82) is 0 Å². The van der Waals surface area contributed by atoms with E-state index in [1.807, 2.05) is 0 Å². The number of nitrogens with one attached hydrogen (secondary N) is 1. The van der Waals surface area contributed by atoms with Crippen molar-refractivity contribution in [2.75, 3.05) is 7.11 Å². The van der Waals surface area contributed by atoms with Gasteiger partial charge in [0, 0.05) is 16.7 Å².